The van der Waals surface area contributed by atoms with Crippen LogP contribution in [0.25, 0.3) is 54.7 Å². The van der Waals surface area contributed by atoms with E-state index in [1.807, 2.05) is 23.1 Å². The Balaban J connectivity index is 1.28. The van der Waals surface area contributed by atoms with E-state index in [1.54, 1.807) is 0 Å². The van der Waals surface area contributed by atoms with Crippen LogP contribution in [-0.2, 0) is 6.42 Å². The van der Waals surface area contributed by atoms with Gasteiger partial charge in [0.1, 0.15) is 0 Å². The molecule has 8 rings (SSSR count). The smallest absolute Gasteiger partial charge is 0.166 e. The average Bonchev–Trinajstić information content (AvgIpc) is 3.59. The summed E-state index contributed by atoms with van der Waals surface area (Å²) in [6, 6.07) is 28.2. The zero-order chi connectivity index (χ0) is 28.3. The van der Waals surface area contributed by atoms with Gasteiger partial charge in [0.15, 0.2) is 5.82 Å². The summed E-state index contributed by atoms with van der Waals surface area (Å²) in [4.78, 5) is 13.0. The highest BCUT2D eigenvalue weighted by molar-refractivity contribution is 8.10. The maximum atomic E-state index is 5.28. The lowest BCUT2D eigenvalue weighted by Crippen LogP contribution is -2.19. The van der Waals surface area contributed by atoms with Crippen LogP contribution in [0.5, 0.6) is 0 Å². The zero-order valence-corrected chi connectivity index (χ0v) is 25.3. The minimum atomic E-state index is 0.0385. The minimum absolute atomic E-state index is 0.0385. The number of thiophene rings is 1. The molecule has 2 aliphatic carbocycles. The number of fused-ring (bicyclic) bond motifs is 4. The molecule has 3 heterocycles. The summed E-state index contributed by atoms with van der Waals surface area (Å²) in [5.74, 6) is 1.37. The van der Waals surface area contributed by atoms with Crippen LogP contribution in [0.4, 0.5) is 0 Å². The topological polar surface area (TPSA) is 25.8 Å². The van der Waals surface area contributed by atoms with Gasteiger partial charge in [0.25, 0.3) is 0 Å². The van der Waals surface area contributed by atoms with Crippen LogP contribution in [-0.4, -0.2) is 14.7 Å². The van der Waals surface area contributed by atoms with Gasteiger partial charge in [-0.05, 0) is 71.6 Å². The normalized spacial score (nSPS) is 20.8. The molecule has 0 radical (unpaired) electrons. The molecule has 2 nitrogen and oxygen atoms in total. The largest absolute Gasteiger partial charge is 0.227 e. The van der Waals surface area contributed by atoms with Crippen LogP contribution < -0.4 is 0 Å². The molecular weight excluding hydrogens is 549 g/mol. The molecular formula is C38H30N2S2. The molecule has 3 aliphatic rings. The summed E-state index contributed by atoms with van der Waals surface area (Å²) < 4.78 is 1.36. The third-order valence-electron chi connectivity index (χ3n) is 8.61. The number of hydrogen-bond acceptors (Lipinski definition) is 4. The summed E-state index contributed by atoms with van der Waals surface area (Å²) in [7, 11) is 0. The lowest BCUT2D eigenvalue weighted by Gasteiger charge is -2.26. The molecule has 0 saturated carbocycles. The number of benzene rings is 3. The molecule has 4 heteroatoms. The maximum absolute atomic E-state index is 5.28. The highest BCUT2D eigenvalue weighted by Crippen LogP contribution is 2.52. The predicted molar refractivity (Wildman–Crippen MR) is 181 cm³/mol. The fraction of sp³-hybridized carbons (Fsp3) is 0.158. The Labute approximate surface area is 255 Å². The summed E-state index contributed by atoms with van der Waals surface area (Å²) in [5, 5.41) is 1.36. The number of rotatable bonds is 4. The summed E-state index contributed by atoms with van der Waals surface area (Å²) in [6.07, 6.45) is 15.7. The van der Waals surface area contributed by atoms with Crippen molar-refractivity contribution in [3.05, 3.63) is 131 Å². The van der Waals surface area contributed by atoms with Crippen molar-refractivity contribution >= 4 is 44.2 Å². The van der Waals surface area contributed by atoms with Gasteiger partial charge in [-0.25, -0.2) is 9.97 Å². The van der Waals surface area contributed by atoms with Crippen molar-refractivity contribution in [2.24, 2.45) is 5.92 Å². The highest BCUT2D eigenvalue weighted by Gasteiger charge is 2.37. The van der Waals surface area contributed by atoms with Crippen molar-refractivity contribution in [3.8, 4) is 33.6 Å². The van der Waals surface area contributed by atoms with Gasteiger partial charge in [-0.1, -0.05) is 104 Å². The number of hydrogen-bond donors (Lipinski definition) is 0. The fourth-order valence-corrected chi connectivity index (χ4v) is 8.81. The van der Waals surface area contributed by atoms with E-state index in [-0.39, 0.29) is 4.75 Å². The van der Waals surface area contributed by atoms with Gasteiger partial charge in [-0.15, -0.1) is 23.1 Å². The SMILES string of the molecule is CC1C=Cc2sc3c(-c4cc(-c5ccc(-c6ccccc6)cc5)nc(C5=CC6=CC=CCC6(C)S5)n4)cccc3c2C1. The second-order valence-electron chi connectivity index (χ2n) is 11.7. The predicted octanol–water partition coefficient (Wildman–Crippen LogP) is 10.6. The van der Waals surface area contributed by atoms with Crippen molar-refractivity contribution in [2.45, 2.75) is 31.4 Å². The van der Waals surface area contributed by atoms with Crippen molar-refractivity contribution in [3.63, 3.8) is 0 Å². The monoisotopic (exact) mass is 578 g/mol. The molecule has 0 saturated heterocycles. The average molecular weight is 579 g/mol. The number of aromatic nitrogens is 2. The van der Waals surface area contributed by atoms with E-state index >= 15 is 0 Å². The first-order valence-electron chi connectivity index (χ1n) is 14.6. The first-order valence-corrected chi connectivity index (χ1v) is 16.2. The van der Waals surface area contributed by atoms with Crippen LogP contribution in [0.3, 0.4) is 0 Å². The molecule has 2 unspecified atom stereocenters. The van der Waals surface area contributed by atoms with E-state index < -0.39 is 0 Å². The van der Waals surface area contributed by atoms with Crippen molar-refractivity contribution < 1.29 is 0 Å². The number of thioether (sulfide) groups is 1. The van der Waals surface area contributed by atoms with E-state index in [2.05, 4.69) is 129 Å². The second kappa shape index (κ2) is 10.1. The Bertz CT molecular complexity index is 1980. The molecule has 0 amide bonds. The van der Waals surface area contributed by atoms with E-state index in [0.29, 0.717) is 5.92 Å². The Kier molecular flexibility index (Phi) is 6.17. The van der Waals surface area contributed by atoms with Gasteiger partial charge in [-0.2, -0.15) is 0 Å². The lowest BCUT2D eigenvalue weighted by molar-refractivity contribution is 0.724. The lowest BCUT2D eigenvalue weighted by atomic mass is 9.92. The van der Waals surface area contributed by atoms with Crippen LogP contribution in [0.1, 0.15) is 36.5 Å². The van der Waals surface area contributed by atoms with E-state index in [9.17, 15) is 0 Å². The quantitative estimate of drug-likeness (QED) is 0.212. The zero-order valence-electron chi connectivity index (χ0n) is 23.7. The Morgan fingerprint density at radius 1 is 0.857 bits per heavy atom. The molecule has 0 N–H and O–H groups in total. The Morgan fingerprint density at radius 2 is 1.64 bits per heavy atom. The Hall–Kier alpha value is -3.99. The van der Waals surface area contributed by atoms with Crippen LogP contribution in [0, 0.1) is 5.92 Å². The van der Waals surface area contributed by atoms with Gasteiger partial charge < -0.3 is 0 Å². The molecule has 204 valence electrons. The van der Waals surface area contributed by atoms with Gasteiger partial charge in [-0.3, -0.25) is 0 Å². The van der Waals surface area contributed by atoms with Gasteiger partial charge >= 0.3 is 0 Å². The second-order valence-corrected chi connectivity index (χ2v) is 14.3. The standard InChI is InChI=1S/C38H30N2S2/c1-24-14-19-34-31(21-24)29-12-8-13-30(36(29)41-34)33-23-32(27-17-15-26(16-18-27)25-9-4-3-5-10-25)39-37(40-33)35-22-28-11-6-7-20-38(28,2)42-35/h3-19,22-24H,20-21H2,1-2H3. The van der Waals surface area contributed by atoms with Crippen molar-refractivity contribution in [2.75, 3.05) is 0 Å². The highest BCUT2D eigenvalue weighted by atomic mass is 32.2. The molecule has 2 aromatic heterocycles. The van der Waals surface area contributed by atoms with E-state index in [0.717, 1.165) is 40.5 Å². The molecule has 1 aliphatic heterocycles. The number of allylic oxidation sites excluding steroid dienone is 5. The van der Waals surface area contributed by atoms with Crippen molar-refractivity contribution in [1.29, 1.82) is 0 Å². The molecule has 2 atom stereocenters. The van der Waals surface area contributed by atoms with Gasteiger partial charge in [0, 0.05) is 25.5 Å². The first kappa shape index (κ1) is 25.7. The molecule has 5 aromatic rings. The summed E-state index contributed by atoms with van der Waals surface area (Å²) in [6.45, 7) is 4.63. The maximum Gasteiger partial charge on any atom is 0.166 e. The number of nitrogens with zero attached hydrogens (tertiary/aromatic N) is 2. The molecule has 3 aromatic carbocycles. The molecule has 0 spiro atoms. The van der Waals surface area contributed by atoms with Crippen LogP contribution >= 0.6 is 23.1 Å². The summed E-state index contributed by atoms with van der Waals surface area (Å²) in [5.41, 5.74) is 9.47. The van der Waals surface area contributed by atoms with Crippen LogP contribution in [0.2, 0.25) is 0 Å². The van der Waals surface area contributed by atoms with E-state index in [1.165, 1.54) is 42.8 Å². The first-order chi connectivity index (χ1) is 20.5. The fourth-order valence-electron chi connectivity index (χ4n) is 6.27. The Morgan fingerprint density at radius 3 is 2.48 bits per heavy atom. The van der Waals surface area contributed by atoms with Crippen LogP contribution in [0.15, 0.2) is 115 Å². The summed E-state index contributed by atoms with van der Waals surface area (Å²) >= 11 is 3.79. The van der Waals surface area contributed by atoms with Crippen molar-refractivity contribution in [1.82, 2.24) is 9.97 Å². The third-order valence-corrected chi connectivity index (χ3v) is 11.2. The molecule has 42 heavy (non-hydrogen) atoms. The minimum Gasteiger partial charge on any atom is -0.227 e. The van der Waals surface area contributed by atoms with Gasteiger partial charge in [0.2, 0.25) is 0 Å². The molecule has 0 fully saturated rings. The third kappa shape index (κ3) is 4.41. The van der Waals surface area contributed by atoms with Gasteiger partial charge in [0.05, 0.1) is 16.3 Å². The molecule has 0 bridgehead atoms. The van der Waals surface area contributed by atoms with E-state index in [4.69, 9.17) is 9.97 Å².